The van der Waals surface area contributed by atoms with E-state index < -0.39 is 0 Å². The summed E-state index contributed by atoms with van der Waals surface area (Å²) >= 11 is 0. The zero-order chi connectivity index (χ0) is 13.1. The van der Waals surface area contributed by atoms with Gasteiger partial charge in [0.15, 0.2) is 0 Å². The molecule has 2 aromatic carbocycles. The molecule has 0 saturated heterocycles. The number of ether oxygens (including phenoxy) is 1. The number of fused-ring (bicyclic) bond motifs is 1. The summed E-state index contributed by atoms with van der Waals surface area (Å²) in [6.45, 7) is 3.69. The molecule has 2 heteroatoms. The maximum Gasteiger partial charge on any atom is 0.142 e. The van der Waals surface area contributed by atoms with Crippen molar-refractivity contribution in [3.05, 3.63) is 59.7 Å². The molecular formula is C17H19NO. The van der Waals surface area contributed by atoms with Crippen LogP contribution in [-0.2, 0) is 6.42 Å². The van der Waals surface area contributed by atoms with E-state index in [1.807, 2.05) is 25.1 Å². The van der Waals surface area contributed by atoms with Crippen molar-refractivity contribution in [2.45, 2.75) is 19.3 Å². The van der Waals surface area contributed by atoms with Gasteiger partial charge in [0, 0.05) is 12.5 Å². The second-order valence-corrected chi connectivity index (χ2v) is 4.91. The van der Waals surface area contributed by atoms with Gasteiger partial charge in [-0.2, -0.15) is 0 Å². The standard InChI is InChI=1S/C17H19NO/c1-2-19-17-10-6-5-9-16(17)18-12-14-11-13-7-3-4-8-15(13)14/h3-10,14,18H,2,11-12H2,1H3. The summed E-state index contributed by atoms with van der Waals surface area (Å²) in [4.78, 5) is 0. The minimum atomic E-state index is 0.630. The molecule has 0 saturated carbocycles. The number of hydrogen-bond acceptors (Lipinski definition) is 2. The zero-order valence-corrected chi connectivity index (χ0v) is 11.2. The van der Waals surface area contributed by atoms with Crippen LogP contribution in [0.25, 0.3) is 0 Å². The highest BCUT2D eigenvalue weighted by Gasteiger charge is 2.24. The molecule has 0 amide bonds. The van der Waals surface area contributed by atoms with Gasteiger partial charge >= 0.3 is 0 Å². The van der Waals surface area contributed by atoms with Crippen molar-refractivity contribution in [1.29, 1.82) is 0 Å². The Morgan fingerprint density at radius 3 is 2.74 bits per heavy atom. The average molecular weight is 253 g/mol. The Kier molecular flexibility index (Phi) is 3.41. The van der Waals surface area contributed by atoms with E-state index in [1.54, 1.807) is 0 Å². The van der Waals surface area contributed by atoms with Crippen molar-refractivity contribution in [1.82, 2.24) is 0 Å². The number of rotatable bonds is 5. The van der Waals surface area contributed by atoms with Gasteiger partial charge in [-0.25, -0.2) is 0 Å². The largest absolute Gasteiger partial charge is 0.492 e. The van der Waals surface area contributed by atoms with Crippen LogP contribution in [0.3, 0.4) is 0 Å². The van der Waals surface area contributed by atoms with Crippen LogP contribution in [0.5, 0.6) is 5.75 Å². The molecule has 98 valence electrons. The predicted octanol–water partition coefficient (Wildman–Crippen LogP) is 3.84. The van der Waals surface area contributed by atoms with Crippen LogP contribution in [0.2, 0.25) is 0 Å². The maximum absolute atomic E-state index is 5.63. The van der Waals surface area contributed by atoms with Crippen LogP contribution in [0.15, 0.2) is 48.5 Å². The molecule has 0 aromatic heterocycles. The lowest BCUT2D eigenvalue weighted by Crippen LogP contribution is -2.24. The first-order valence-corrected chi connectivity index (χ1v) is 6.92. The van der Waals surface area contributed by atoms with Crippen LogP contribution < -0.4 is 10.1 Å². The van der Waals surface area contributed by atoms with Gasteiger partial charge in [0.1, 0.15) is 5.75 Å². The van der Waals surface area contributed by atoms with Gasteiger partial charge in [-0.3, -0.25) is 0 Å². The summed E-state index contributed by atoms with van der Waals surface area (Å²) in [7, 11) is 0. The Morgan fingerprint density at radius 2 is 1.89 bits per heavy atom. The smallest absolute Gasteiger partial charge is 0.142 e. The van der Waals surface area contributed by atoms with Gasteiger partial charge in [-0.1, -0.05) is 36.4 Å². The topological polar surface area (TPSA) is 21.3 Å². The van der Waals surface area contributed by atoms with Crippen LogP contribution in [0.4, 0.5) is 5.69 Å². The monoisotopic (exact) mass is 253 g/mol. The van der Waals surface area contributed by atoms with E-state index in [9.17, 15) is 0 Å². The fraction of sp³-hybridized carbons (Fsp3) is 0.294. The quantitative estimate of drug-likeness (QED) is 0.874. The normalized spacial score (nSPS) is 16.4. The van der Waals surface area contributed by atoms with Gasteiger partial charge in [-0.05, 0) is 36.6 Å². The Bertz CT molecular complexity index is 565. The summed E-state index contributed by atoms with van der Waals surface area (Å²) in [5.74, 6) is 1.57. The lowest BCUT2D eigenvalue weighted by Gasteiger charge is -2.30. The molecule has 1 unspecified atom stereocenters. The SMILES string of the molecule is CCOc1ccccc1NCC1Cc2ccccc21. The first kappa shape index (κ1) is 12.1. The Hall–Kier alpha value is -1.96. The third kappa shape index (κ3) is 2.43. The van der Waals surface area contributed by atoms with E-state index in [-0.39, 0.29) is 0 Å². The van der Waals surface area contributed by atoms with Crippen molar-refractivity contribution in [3.63, 3.8) is 0 Å². The summed E-state index contributed by atoms with van der Waals surface area (Å²) in [5, 5.41) is 3.52. The third-order valence-corrected chi connectivity index (χ3v) is 3.69. The summed E-state index contributed by atoms with van der Waals surface area (Å²) in [5.41, 5.74) is 4.07. The van der Waals surface area contributed by atoms with Crippen molar-refractivity contribution >= 4 is 5.69 Å². The van der Waals surface area contributed by atoms with Gasteiger partial charge in [-0.15, -0.1) is 0 Å². The molecule has 2 aromatic rings. The Balaban J connectivity index is 1.65. The molecule has 1 atom stereocenters. The molecule has 0 bridgehead atoms. The second kappa shape index (κ2) is 5.35. The zero-order valence-electron chi connectivity index (χ0n) is 11.2. The number of nitrogens with one attached hydrogen (secondary N) is 1. The highest BCUT2D eigenvalue weighted by molar-refractivity contribution is 5.57. The summed E-state index contributed by atoms with van der Waals surface area (Å²) in [6.07, 6.45) is 1.18. The molecule has 1 N–H and O–H groups in total. The molecule has 0 spiro atoms. The molecule has 1 aliphatic rings. The lowest BCUT2D eigenvalue weighted by atomic mass is 9.77. The molecule has 19 heavy (non-hydrogen) atoms. The fourth-order valence-corrected chi connectivity index (χ4v) is 2.67. The van der Waals surface area contributed by atoms with Crippen LogP contribution in [0, 0.1) is 0 Å². The molecule has 2 nitrogen and oxygen atoms in total. The highest BCUT2D eigenvalue weighted by atomic mass is 16.5. The van der Waals surface area contributed by atoms with Gasteiger partial charge in [0.2, 0.25) is 0 Å². The van der Waals surface area contributed by atoms with E-state index in [2.05, 4.69) is 35.6 Å². The molecule has 0 aliphatic heterocycles. The molecule has 0 heterocycles. The average Bonchev–Trinajstić information content (AvgIpc) is 2.42. The molecule has 0 radical (unpaired) electrons. The first-order chi connectivity index (χ1) is 9.38. The molecule has 0 fully saturated rings. The van der Waals surface area contributed by atoms with Gasteiger partial charge < -0.3 is 10.1 Å². The summed E-state index contributed by atoms with van der Waals surface area (Å²) in [6, 6.07) is 16.8. The van der Waals surface area contributed by atoms with Gasteiger partial charge in [0.05, 0.1) is 12.3 Å². The Morgan fingerprint density at radius 1 is 1.11 bits per heavy atom. The van der Waals surface area contributed by atoms with Crippen molar-refractivity contribution in [3.8, 4) is 5.75 Å². The van der Waals surface area contributed by atoms with Crippen LogP contribution >= 0.6 is 0 Å². The Labute approximate surface area is 114 Å². The first-order valence-electron chi connectivity index (χ1n) is 6.92. The predicted molar refractivity (Wildman–Crippen MR) is 79.0 cm³/mol. The van der Waals surface area contributed by atoms with E-state index >= 15 is 0 Å². The fourth-order valence-electron chi connectivity index (χ4n) is 2.67. The van der Waals surface area contributed by atoms with Crippen molar-refractivity contribution < 1.29 is 4.74 Å². The van der Waals surface area contributed by atoms with E-state index in [1.165, 1.54) is 17.5 Å². The van der Waals surface area contributed by atoms with Crippen LogP contribution in [0.1, 0.15) is 24.0 Å². The second-order valence-electron chi connectivity index (χ2n) is 4.91. The summed E-state index contributed by atoms with van der Waals surface area (Å²) < 4.78 is 5.63. The van der Waals surface area contributed by atoms with Gasteiger partial charge in [0.25, 0.3) is 0 Å². The van der Waals surface area contributed by atoms with E-state index in [0.717, 1.165) is 18.0 Å². The lowest BCUT2D eigenvalue weighted by molar-refractivity contribution is 0.341. The van der Waals surface area contributed by atoms with Crippen LogP contribution in [-0.4, -0.2) is 13.2 Å². The third-order valence-electron chi connectivity index (χ3n) is 3.69. The van der Waals surface area contributed by atoms with Crippen molar-refractivity contribution in [2.75, 3.05) is 18.5 Å². The van der Waals surface area contributed by atoms with E-state index in [0.29, 0.717) is 12.5 Å². The highest BCUT2D eigenvalue weighted by Crippen LogP contribution is 2.35. The molecule has 3 rings (SSSR count). The number of hydrogen-bond donors (Lipinski definition) is 1. The molecular weight excluding hydrogens is 234 g/mol. The number of benzene rings is 2. The minimum absolute atomic E-state index is 0.630. The maximum atomic E-state index is 5.63. The van der Waals surface area contributed by atoms with Crippen molar-refractivity contribution in [2.24, 2.45) is 0 Å². The minimum Gasteiger partial charge on any atom is -0.492 e. The molecule has 1 aliphatic carbocycles. The number of para-hydroxylation sites is 2. The van der Waals surface area contributed by atoms with E-state index in [4.69, 9.17) is 4.74 Å². The number of anilines is 1.